The minimum Gasteiger partial charge on any atom is -0.444 e. The molecule has 0 aromatic heterocycles. The molecule has 9 heteroatoms. The number of carbonyl (C=O) groups excluding carboxylic acids is 2. The van der Waals surface area contributed by atoms with E-state index in [1.807, 2.05) is 39.0 Å². The Balaban J connectivity index is 1.32. The molecular formula is C25H37Cl2N3O4. The average molecular weight is 514 g/mol. The smallest absolute Gasteiger partial charge is 0.410 e. The molecule has 1 atom stereocenters. The summed E-state index contributed by atoms with van der Waals surface area (Å²) in [6.45, 7) is 10.5. The standard InChI is InChI=1S/C25H37Cl2N3O4/c1-25(2,3)34-24(32)30-10-8-18(9-11-30)5-7-23(31)28-15-20-17-29(12-13-33-20)16-19-4-6-21(26)22(27)14-19/h4,6,14,18,20H,5,7-13,15-17H2,1-3H3,(H,28,31)/t20-/m0/s1. The predicted molar refractivity (Wildman–Crippen MR) is 134 cm³/mol. The fourth-order valence-corrected chi connectivity index (χ4v) is 4.65. The molecule has 0 unspecified atom stereocenters. The van der Waals surface area contributed by atoms with Crippen molar-refractivity contribution >= 4 is 35.2 Å². The van der Waals surface area contributed by atoms with Crippen molar-refractivity contribution in [1.82, 2.24) is 15.1 Å². The first-order valence-electron chi connectivity index (χ1n) is 12.1. The summed E-state index contributed by atoms with van der Waals surface area (Å²) in [5, 5.41) is 4.15. The van der Waals surface area contributed by atoms with Crippen molar-refractivity contribution in [2.75, 3.05) is 39.3 Å². The maximum atomic E-state index is 12.4. The molecule has 0 spiro atoms. The monoisotopic (exact) mass is 513 g/mol. The van der Waals surface area contributed by atoms with E-state index in [0.717, 1.165) is 44.5 Å². The molecule has 2 heterocycles. The topological polar surface area (TPSA) is 71.1 Å². The Morgan fingerprint density at radius 2 is 1.88 bits per heavy atom. The SMILES string of the molecule is CC(C)(C)OC(=O)N1CCC(CCC(=O)NC[C@H]2CN(Cc3ccc(Cl)c(Cl)c3)CCO2)CC1. The first-order chi connectivity index (χ1) is 16.1. The van der Waals surface area contributed by atoms with Crippen LogP contribution in [0.5, 0.6) is 0 Å². The summed E-state index contributed by atoms with van der Waals surface area (Å²) in [5.74, 6) is 0.511. The lowest BCUT2D eigenvalue weighted by Crippen LogP contribution is -2.47. The van der Waals surface area contributed by atoms with E-state index in [4.69, 9.17) is 32.7 Å². The molecule has 3 rings (SSSR count). The summed E-state index contributed by atoms with van der Waals surface area (Å²) in [4.78, 5) is 28.7. The van der Waals surface area contributed by atoms with Gasteiger partial charge in [0, 0.05) is 45.7 Å². The van der Waals surface area contributed by atoms with Crippen molar-refractivity contribution in [1.29, 1.82) is 0 Å². The number of nitrogens with zero attached hydrogens (tertiary/aromatic N) is 2. The second kappa shape index (κ2) is 12.4. The fraction of sp³-hybridized carbons (Fsp3) is 0.680. The Kier molecular flexibility index (Phi) is 9.89. The number of ether oxygens (including phenoxy) is 2. The third-order valence-corrected chi connectivity index (χ3v) is 6.92. The fourth-order valence-electron chi connectivity index (χ4n) is 4.33. The van der Waals surface area contributed by atoms with Crippen LogP contribution in [0.2, 0.25) is 10.0 Å². The third-order valence-electron chi connectivity index (χ3n) is 6.19. The maximum Gasteiger partial charge on any atom is 0.410 e. The molecule has 2 amide bonds. The van der Waals surface area contributed by atoms with E-state index < -0.39 is 5.60 Å². The van der Waals surface area contributed by atoms with Crippen LogP contribution in [0.3, 0.4) is 0 Å². The lowest BCUT2D eigenvalue weighted by Gasteiger charge is -2.33. The molecule has 190 valence electrons. The zero-order chi connectivity index (χ0) is 24.7. The molecule has 2 fully saturated rings. The highest BCUT2D eigenvalue weighted by atomic mass is 35.5. The molecule has 2 aliphatic rings. The van der Waals surface area contributed by atoms with Gasteiger partial charge in [-0.05, 0) is 63.6 Å². The number of hydrogen-bond acceptors (Lipinski definition) is 5. The van der Waals surface area contributed by atoms with Gasteiger partial charge in [0.15, 0.2) is 0 Å². The second-order valence-electron chi connectivity index (χ2n) is 10.2. The highest BCUT2D eigenvalue weighted by Crippen LogP contribution is 2.24. The summed E-state index contributed by atoms with van der Waals surface area (Å²) in [5.41, 5.74) is 0.631. The summed E-state index contributed by atoms with van der Waals surface area (Å²) in [7, 11) is 0. The zero-order valence-electron chi connectivity index (χ0n) is 20.4. The minimum atomic E-state index is -0.478. The van der Waals surface area contributed by atoms with Crippen LogP contribution >= 0.6 is 23.2 Å². The van der Waals surface area contributed by atoms with Crippen molar-refractivity contribution in [2.45, 2.75) is 64.7 Å². The number of benzene rings is 1. The van der Waals surface area contributed by atoms with Gasteiger partial charge in [-0.1, -0.05) is 29.3 Å². The van der Waals surface area contributed by atoms with E-state index in [1.54, 1.807) is 4.90 Å². The lowest BCUT2D eigenvalue weighted by atomic mass is 9.92. The van der Waals surface area contributed by atoms with Crippen molar-refractivity contribution in [3.05, 3.63) is 33.8 Å². The van der Waals surface area contributed by atoms with Gasteiger partial charge in [-0.25, -0.2) is 4.79 Å². The van der Waals surface area contributed by atoms with Crippen LogP contribution < -0.4 is 5.32 Å². The van der Waals surface area contributed by atoms with Crippen LogP contribution in [-0.2, 0) is 20.8 Å². The average Bonchev–Trinajstić information content (AvgIpc) is 2.78. The molecular weight excluding hydrogens is 477 g/mol. The van der Waals surface area contributed by atoms with Crippen LogP contribution in [0.4, 0.5) is 4.79 Å². The molecule has 0 saturated carbocycles. The van der Waals surface area contributed by atoms with Gasteiger partial charge < -0.3 is 19.7 Å². The Bertz CT molecular complexity index is 838. The van der Waals surface area contributed by atoms with Crippen LogP contribution in [0.25, 0.3) is 0 Å². The number of halogens is 2. The number of rotatable bonds is 7. The van der Waals surface area contributed by atoms with Gasteiger partial charge in [0.25, 0.3) is 0 Å². The number of amides is 2. The van der Waals surface area contributed by atoms with Gasteiger partial charge in [0.1, 0.15) is 5.60 Å². The normalized spacial score (nSPS) is 20.3. The largest absolute Gasteiger partial charge is 0.444 e. The van der Waals surface area contributed by atoms with Crippen molar-refractivity contribution < 1.29 is 19.1 Å². The number of carbonyl (C=O) groups is 2. The Morgan fingerprint density at radius 3 is 2.56 bits per heavy atom. The van der Waals surface area contributed by atoms with E-state index in [1.165, 1.54) is 0 Å². The van der Waals surface area contributed by atoms with Gasteiger partial charge in [0.05, 0.1) is 22.8 Å². The molecule has 7 nitrogen and oxygen atoms in total. The first-order valence-corrected chi connectivity index (χ1v) is 12.9. The van der Waals surface area contributed by atoms with Crippen LogP contribution in [0.1, 0.15) is 52.0 Å². The maximum absolute atomic E-state index is 12.4. The van der Waals surface area contributed by atoms with Gasteiger partial charge >= 0.3 is 6.09 Å². The predicted octanol–water partition coefficient (Wildman–Crippen LogP) is 4.74. The number of morpholine rings is 1. The molecule has 1 N–H and O–H groups in total. The van der Waals surface area contributed by atoms with Gasteiger partial charge in [0.2, 0.25) is 5.91 Å². The van der Waals surface area contributed by atoms with Gasteiger partial charge in [-0.15, -0.1) is 0 Å². The highest BCUT2D eigenvalue weighted by Gasteiger charge is 2.27. The second-order valence-corrected chi connectivity index (χ2v) is 11.0. The molecule has 0 bridgehead atoms. The van der Waals surface area contributed by atoms with E-state index in [0.29, 0.717) is 48.6 Å². The highest BCUT2D eigenvalue weighted by molar-refractivity contribution is 6.42. The Hall–Kier alpha value is -1.54. The molecule has 1 aromatic carbocycles. The Labute approximate surface area is 213 Å². The van der Waals surface area contributed by atoms with Gasteiger partial charge in [-0.3, -0.25) is 9.69 Å². The van der Waals surface area contributed by atoms with Crippen LogP contribution in [-0.4, -0.2) is 72.8 Å². The number of likely N-dealkylation sites (tertiary alicyclic amines) is 1. The third kappa shape index (κ3) is 8.91. The van der Waals surface area contributed by atoms with Crippen LogP contribution in [0, 0.1) is 5.92 Å². The van der Waals surface area contributed by atoms with Crippen LogP contribution in [0.15, 0.2) is 18.2 Å². The van der Waals surface area contributed by atoms with E-state index >= 15 is 0 Å². The minimum absolute atomic E-state index is 0.0301. The molecule has 34 heavy (non-hydrogen) atoms. The first kappa shape index (κ1) is 27.1. The summed E-state index contributed by atoms with van der Waals surface area (Å²) in [6.07, 6.45) is 2.87. The quantitative estimate of drug-likeness (QED) is 0.570. The summed E-state index contributed by atoms with van der Waals surface area (Å²) in [6, 6.07) is 5.70. The van der Waals surface area contributed by atoms with E-state index in [-0.39, 0.29) is 18.1 Å². The molecule has 0 radical (unpaired) electrons. The van der Waals surface area contributed by atoms with Crippen molar-refractivity contribution in [3.63, 3.8) is 0 Å². The van der Waals surface area contributed by atoms with Crippen molar-refractivity contribution in [3.8, 4) is 0 Å². The molecule has 2 aliphatic heterocycles. The van der Waals surface area contributed by atoms with E-state index in [2.05, 4.69) is 10.2 Å². The summed E-state index contributed by atoms with van der Waals surface area (Å²) < 4.78 is 11.3. The zero-order valence-corrected chi connectivity index (χ0v) is 22.0. The number of piperidine rings is 1. The van der Waals surface area contributed by atoms with Gasteiger partial charge in [-0.2, -0.15) is 0 Å². The lowest BCUT2D eigenvalue weighted by molar-refractivity contribution is -0.122. The Morgan fingerprint density at radius 1 is 1.15 bits per heavy atom. The number of hydrogen-bond donors (Lipinski definition) is 1. The van der Waals surface area contributed by atoms with Crippen molar-refractivity contribution in [2.24, 2.45) is 5.92 Å². The molecule has 1 aromatic rings. The van der Waals surface area contributed by atoms with E-state index in [9.17, 15) is 9.59 Å². The molecule has 0 aliphatic carbocycles. The summed E-state index contributed by atoms with van der Waals surface area (Å²) >= 11 is 12.1. The molecule has 2 saturated heterocycles. The number of nitrogens with one attached hydrogen (secondary N) is 1.